The van der Waals surface area contributed by atoms with Gasteiger partial charge >= 0.3 is 5.69 Å². The van der Waals surface area contributed by atoms with Gasteiger partial charge in [-0.3, -0.25) is 9.47 Å². The quantitative estimate of drug-likeness (QED) is 0.562. The zero-order valence-corrected chi connectivity index (χ0v) is 16.6. The Labute approximate surface area is 169 Å². The van der Waals surface area contributed by atoms with Gasteiger partial charge in [-0.1, -0.05) is 36.4 Å². The van der Waals surface area contributed by atoms with Crippen molar-refractivity contribution in [2.24, 2.45) is 0 Å². The van der Waals surface area contributed by atoms with E-state index in [2.05, 4.69) is 40.0 Å². The van der Waals surface area contributed by atoms with Crippen molar-refractivity contribution < 1.29 is 0 Å². The fourth-order valence-electron chi connectivity index (χ4n) is 4.45. The van der Waals surface area contributed by atoms with Gasteiger partial charge in [0.2, 0.25) is 0 Å². The van der Waals surface area contributed by atoms with Crippen molar-refractivity contribution in [3.63, 3.8) is 0 Å². The van der Waals surface area contributed by atoms with Crippen molar-refractivity contribution >= 4 is 27.8 Å². The van der Waals surface area contributed by atoms with E-state index in [1.165, 1.54) is 37.1 Å². The van der Waals surface area contributed by atoms with Crippen LogP contribution >= 0.6 is 0 Å². The Balaban J connectivity index is 1.55. The normalized spacial score (nSPS) is 14.9. The summed E-state index contributed by atoms with van der Waals surface area (Å²) in [6.45, 7) is 6.00. The van der Waals surface area contributed by atoms with E-state index in [1.807, 2.05) is 24.3 Å². The number of nitrogens with two attached hydrogens (primary N) is 1. The molecule has 0 atom stereocenters. The van der Waals surface area contributed by atoms with E-state index >= 15 is 0 Å². The molecule has 0 unspecified atom stereocenters. The molecular weight excluding hydrogens is 362 g/mol. The predicted octanol–water partition coefficient (Wildman–Crippen LogP) is 3.41. The molecule has 0 saturated carbocycles. The van der Waals surface area contributed by atoms with Crippen molar-refractivity contribution in [2.45, 2.75) is 32.9 Å². The van der Waals surface area contributed by atoms with Crippen LogP contribution in [0.25, 0.3) is 21.9 Å². The summed E-state index contributed by atoms with van der Waals surface area (Å²) in [5, 5.41) is 0.929. The lowest BCUT2D eigenvalue weighted by atomic mass is 10.0. The molecule has 3 N–H and O–H groups in total. The molecule has 0 radical (unpaired) electrons. The number of anilines is 1. The second-order valence-corrected chi connectivity index (χ2v) is 8.00. The van der Waals surface area contributed by atoms with Crippen molar-refractivity contribution in [1.82, 2.24) is 19.4 Å². The van der Waals surface area contributed by atoms with E-state index in [0.29, 0.717) is 17.9 Å². The summed E-state index contributed by atoms with van der Waals surface area (Å²) in [6, 6.07) is 14.4. The highest BCUT2D eigenvalue weighted by molar-refractivity contribution is 6.06. The summed E-state index contributed by atoms with van der Waals surface area (Å²) in [5.74, 6) is 0.354. The summed E-state index contributed by atoms with van der Waals surface area (Å²) in [5.41, 5.74) is 11.9. The molecular formula is C23H25N5O. The Morgan fingerprint density at radius 2 is 1.90 bits per heavy atom. The first-order chi connectivity index (χ1) is 14.1. The Bertz CT molecular complexity index is 1260. The van der Waals surface area contributed by atoms with Crippen LogP contribution in [-0.4, -0.2) is 32.5 Å². The number of aromatic nitrogens is 3. The number of aromatic amines is 1. The first kappa shape index (κ1) is 17.9. The molecule has 1 aliphatic heterocycles. The molecule has 0 amide bonds. The zero-order chi connectivity index (χ0) is 20.0. The number of benzene rings is 2. The van der Waals surface area contributed by atoms with Gasteiger partial charge in [0, 0.05) is 11.9 Å². The molecule has 0 spiro atoms. The van der Waals surface area contributed by atoms with E-state index in [0.717, 1.165) is 28.5 Å². The van der Waals surface area contributed by atoms with Gasteiger partial charge in [-0.2, -0.15) is 0 Å². The Morgan fingerprint density at radius 3 is 2.69 bits per heavy atom. The van der Waals surface area contributed by atoms with Crippen molar-refractivity contribution in [3.8, 4) is 0 Å². The molecule has 0 aliphatic carbocycles. The second-order valence-electron chi connectivity index (χ2n) is 8.00. The maximum atomic E-state index is 12.8. The van der Waals surface area contributed by atoms with Crippen molar-refractivity contribution in [2.75, 3.05) is 18.8 Å². The molecule has 4 aromatic rings. The van der Waals surface area contributed by atoms with Crippen LogP contribution in [-0.2, 0) is 13.1 Å². The molecule has 1 saturated heterocycles. The summed E-state index contributed by atoms with van der Waals surface area (Å²) >= 11 is 0. The SMILES string of the molecule is Cc1cc(CN2CCCC2)ccc1Cn1c(=O)[nH]c2c(N)nc3ccccc3c21. The van der Waals surface area contributed by atoms with Crippen LogP contribution in [0.3, 0.4) is 0 Å². The number of likely N-dealkylation sites (tertiary alicyclic amines) is 1. The van der Waals surface area contributed by atoms with E-state index < -0.39 is 0 Å². The van der Waals surface area contributed by atoms with Gasteiger partial charge in [0.1, 0.15) is 11.3 Å². The maximum Gasteiger partial charge on any atom is 0.326 e. The molecule has 148 valence electrons. The van der Waals surface area contributed by atoms with Crippen molar-refractivity contribution in [1.29, 1.82) is 0 Å². The van der Waals surface area contributed by atoms with Gasteiger partial charge in [-0.05, 0) is 55.6 Å². The number of hydrogen-bond donors (Lipinski definition) is 2. The minimum atomic E-state index is -0.162. The van der Waals surface area contributed by atoms with Crippen LogP contribution in [0.2, 0.25) is 0 Å². The highest BCUT2D eigenvalue weighted by Crippen LogP contribution is 2.26. The fourth-order valence-corrected chi connectivity index (χ4v) is 4.45. The molecule has 2 aromatic heterocycles. The van der Waals surface area contributed by atoms with Gasteiger partial charge in [-0.15, -0.1) is 0 Å². The number of para-hydroxylation sites is 1. The third-order valence-electron chi connectivity index (χ3n) is 5.98. The van der Waals surface area contributed by atoms with E-state index in [4.69, 9.17) is 5.73 Å². The first-order valence-electron chi connectivity index (χ1n) is 10.2. The molecule has 6 nitrogen and oxygen atoms in total. The van der Waals surface area contributed by atoms with Gasteiger partial charge in [-0.25, -0.2) is 9.78 Å². The van der Waals surface area contributed by atoms with Crippen LogP contribution in [0.15, 0.2) is 47.3 Å². The third kappa shape index (κ3) is 3.19. The topological polar surface area (TPSA) is 79.9 Å². The maximum absolute atomic E-state index is 12.8. The van der Waals surface area contributed by atoms with Crippen LogP contribution in [0, 0.1) is 6.92 Å². The minimum Gasteiger partial charge on any atom is -0.382 e. The third-order valence-corrected chi connectivity index (χ3v) is 5.98. The summed E-state index contributed by atoms with van der Waals surface area (Å²) in [4.78, 5) is 22.6. The Hall–Kier alpha value is -3.12. The molecule has 2 aromatic carbocycles. The second kappa shape index (κ2) is 7.04. The Morgan fingerprint density at radius 1 is 1.10 bits per heavy atom. The number of hydrogen-bond acceptors (Lipinski definition) is 4. The van der Waals surface area contributed by atoms with Crippen molar-refractivity contribution in [3.05, 3.63) is 69.6 Å². The molecule has 5 rings (SSSR count). The number of fused-ring (bicyclic) bond motifs is 3. The van der Waals surface area contributed by atoms with E-state index in [9.17, 15) is 4.79 Å². The average Bonchev–Trinajstić information content (AvgIpc) is 3.33. The molecule has 0 bridgehead atoms. The zero-order valence-electron chi connectivity index (χ0n) is 16.6. The lowest BCUT2D eigenvalue weighted by Crippen LogP contribution is -2.19. The standard InChI is InChI=1S/C23H25N5O/c1-15-12-16(13-27-10-4-5-11-27)8-9-17(15)14-28-21-18-6-2-3-7-19(18)25-22(24)20(21)26-23(28)29/h2-3,6-9,12H,4-5,10-11,13-14H2,1H3,(H2,24,25)(H,26,29). The van der Waals surface area contributed by atoms with Crippen LogP contribution in [0.1, 0.15) is 29.5 Å². The lowest BCUT2D eigenvalue weighted by Gasteiger charge is -2.16. The van der Waals surface area contributed by atoms with Gasteiger partial charge < -0.3 is 10.7 Å². The molecule has 6 heteroatoms. The van der Waals surface area contributed by atoms with Gasteiger partial charge in [0.05, 0.1) is 17.6 Å². The molecule has 29 heavy (non-hydrogen) atoms. The molecule has 3 heterocycles. The molecule has 1 aliphatic rings. The highest BCUT2D eigenvalue weighted by atomic mass is 16.1. The number of nitrogens with zero attached hydrogens (tertiary/aromatic N) is 3. The smallest absolute Gasteiger partial charge is 0.326 e. The predicted molar refractivity (Wildman–Crippen MR) is 117 cm³/mol. The van der Waals surface area contributed by atoms with Gasteiger partial charge in [0.15, 0.2) is 0 Å². The number of aryl methyl sites for hydroxylation is 1. The first-order valence-corrected chi connectivity index (χ1v) is 10.2. The number of nitrogens with one attached hydrogen (secondary N) is 1. The average molecular weight is 387 g/mol. The number of rotatable bonds is 4. The van der Waals surface area contributed by atoms with E-state index in [1.54, 1.807) is 4.57 Å². The van der Waals surface area contributed by atoms with Crippen LogP contribution in [0.4, 0.5) is 5.82 Å². The van der Waals surface area contributed by atoms with Gasteiger partial charge in [0.25, 0.3) is 0 Å². The number of pyridine rings is 1. The van der Waals surface area contributed by atoms with Crippen LogP contribution < -0.4 is 11.4 Å². The number of H-pyrrole nitrogens is 1. The minimum absolute atomic E-state index is 0.162. The Kier molecular flexibility index (Phi) is 4.36. The van der Waals surface area contributed by atoms with E-state index in [-0.39, 0.29) is 5.69 Å². The largest absolute Gasteiger partial charge is 0.382 e. The number of nitrogen functional groups attached to an aromatic ring is 1. The molecule has 1 fully saturated rings. The lowest BCUT2D eigenvalue weighted by molar-refractivity contribution is 0.331. The summed E-state index contributed by atoms with van der Waals surface area (Å²) in [6.07, 6.45) is 2.60. The monoisotopic (exact) mass is 387 g/mol. The van der Waals surface area contributed by atoms with Crippen LogP contribution in [0.5, 0.6) is 0 Å². The summed E-state index contributed by atoms with van der Waals surface area (Å²) < 4.78 is 1.78. The summed E-state index contributed by atoms with van der Waals surface area (Å²) in [7, 11) is 0. The highest BCUT2D eigenvalue weighted by Gasteiger charge is 2.16. The fraction of sp³-hybridized carbons (Fsp3) is 0.304. The number of imidazole rings is 1.